The van der Waals surface area contributed by atoms with Gasteiger partial charge in [0.25, 0.3) is 0 Å². The number of nitrogens with zero attached hydrogens (tertiary/aromatic N) is 6. The number of likely N-dealkylation sites (tertiary alicyclic amines) is 1. The van der Waals surface area contributed by atoms with Crippen molar-refractivity contribution >= 4 is 40.1 Å². The predicted molar refractivity (Wildman–Crippen MR) is 153 cm³/mol. The van der Waals surface area contributed by atoms with Crippen molar-refractivity contribution in [1.29, 1.82) is 0 Å². The standard InChI is InChI=1S/C28H25ClFN9O3/c29-21-4-2-1-3-18(21)20-12-34-36-27(20)35-28(42)23-10-17(30)13-38(23)24(40)14-39-22-6-5-15(16-7-8-32-33-11-16)9-19(22)25(37-39)26(31)41/h1-9,11-12,17,23,26,41H,10,13-14,31H2,(H2,34,35,36,42). The summed E-state index contributed by atoms with van der Waals surface area (Å²) in [6.07, 6.45) is 1.72. The largest absolute Gasteiger partial charge is 0.373 e. The summed E-state index contributed by atoms with van der Waals surface area (Å²) in [5, 5.41) is 32.8. The summed E-state index contributed by atoms with van der Waals surface area (Å²) in [7, 11) is 0. The summed E-state index contributed by atoms with van der Waals surface area (Å²) in [6, 6.07) is 13.2. The maximum absolute atomic E-state index is 14.6. The van der Waals surface area contributed by atoms with Crippen molar-refractivity contribution in [3.05, 3.63) is 77.8 Å². The van der Waals surface area contributed by atoms with Gasteiger partial charge in [0.2, 0.25) is 11.8 Å². The molecule has 1 fully saturated rings. The van der Waals surface area contributed by atoms with Crippen LogP contribution >= 0.6 is 11.6 Å². The van der Waals surface area contributed by atoms with E-state index < -0.39 is 30.3 Å². The molecule has 12 nitrogen and oxygen atoms in total. The molecule has 0 spiro atoms. The second-order valence-electron chi connectivity index (χ2n) is 9.87. The molecular formula is C28H25ClFN9O3. The Bertz CT molecular complexity index is 1780. The molecule has 6 rings (SSSR count). The minimum atomic E-state index is -1.41. The number of anilines is 1. The molecule has 2 aromatic carbocycles. The normalized spacial score (nSPS) is 17.5. The van der Waals surface area contributed by atoms with Crippen LogP contribution < -0.4 is 11.1 Å². The van der Waals surface area contributed by atoms with Crippen molar-refractivity contribution in [3.63, 3.8) is 0 Å². The van der Waals surface area contributed by atoms with Gasteiger partial charge in [0.15, 0.2) is 0 Å². The summed E-state index contributed by atoms with van der Waals surface area (Å²) < 4.78 is 16.0. The first kappa shape index (κ1) is 27.4. The molecule has 2 amide bonds. The number of aliphatic hydroxyl groups excluding tert-OH is 1. The second kappa shape index (κ2) is 11.3. The van der Waals surface area contributed by atoms with Crippen LogP contribution in [-0.4, -0.2) is 70.8 Å². The lowest BCUT2D eigenvalue weighted by molar-refractivity contribution is -0.137. The quantitative estimate of drug-likeness (QED) is 0.210. The Kier molecular flexibility index (Phi) is 7.37. The van der Waals surface area contributed by atoms with E-state index in [-0.39, 0.29) is 31.0 Å². The van der Waals surface area contributed by atoms with Gasteiger partial charge < -0.3 is 21.1 Å². The number of carbonyl (C=O) groups excluding carboxylic acids is 2. The molecule has 1 aliphatic rings. The van der Waals surface area contributed by atoms with Gasteiger partial charge in [0.1, 0.15) is 36.5 Å². The number of hydrogen-bond donors (Lipinski definition) is 4. The Morgan fingerprint density at radius 1 is 1.14 bits per heavy atom. The third kappa shape index (κ3) is 5.20. The van der Waals surface area contributed by atoms with Crippen molar-refractivity contribution in [2.45, 2.75) is 31.4 Å². The molecule has 0 saturated carbocycles. The number of amides is 2. The number of carbonyl (C=O) groups is 2. The first-order valence-electron chi connectivity index (χ1n) is 13.0. The van der Waals surface area contributed by atoms with Crippen LogP contribution in [0.5, 0.6) is 0 Å². The van der Waals surface area contributed by atoms with E-state index in [9.17, 15) is 19.1 Å². The molecule has 0 aliphatic carbocycles. The average molecular weight is 590 g/mol. The lowest BCUT2D eigenvalue weighted by Gasteiger charge is -2.23. The number of nitrogens with one attached hydrogen (secondary N) is 2. The molecule has 14 heteroatoms. The number of alkyl halides is 1. The summed E-state index contributed by atoms with van der Waals surface area (Å²) in [6.45, 7) is -0.549. The van der Waals surface area contributed by atoms with E-state index >= 15 is 0 Å². The van der Waals surface area contributed by atoms with E-state index in [0.29, 0.717) is 27.1 Å². The molecule has 42 heavy (non-hydrogen) atoms. The van der Waals surface area contributed by atoms with Crippen molar-refractivity contribution in [3.8, 4) is 22.3 Å². The SMILES string of the molecule is NC(O)c1nn(CC(=O)N2CC(F)CC2C(=O)Nc2[nH]ncc2-c2ccccc2Cl)c2ccc(-c3ccnnc3)cc12. The fraction of sp³-hybridized carbons (Fsp3) is 0.214. The highest BCUT2D eigenvalue weighted by Gasteiger charge is 2.40. The van der Waals surface area contributed by atoms with E-state index in [4.69, 9.17) is 17.3 Å². The Balaban J connectivity index is 1.24. The number of H-pyrrole nitrogens is 1. The van der Waals surface area contributed by atoms with Gasteiger partial charge in [0, 0.05) is 33.5 Å². The number of hydrogen-bond acceptors (Lipinski definition) is 8. The van der Waals surface area contributed by atoms with Crippen molar-refractivity contribution in [2.75, 3.05) is 11.9 Å². The molecule has 4 heterocycles. The zero-order chi connectivity index (χ0) is 29.4. The van der Waals surface area contributed by atoms with Gasteiger partial charge in [-0.05, 0) is 29.8 Å². The van der Waals surface area contributed by atoms with Crippen LogP contribution in [0, 0.1) is 0 Å². The molecule has 5 aromatic rings. The summed E-state index contributed by atoms with van der Waals surface area (Å²) >= 11 is 6.32. The van der Waals surface area contributed by atoms with Crippen molar-refractivity contribution in [1.82, 2.24) is 35.1 Å². The van der Waals surface area contributed by atoms with Gasteiger partial charge in [-0.25, -0.2) is 4.39 Å². The fourth-order valence-corrected chi connectivity index (χ4v) is 5.42. The molecule has 3 atom stereocenters. The predicted octanol–water partition coefficient (Wildman–Crippen LogP) is 3.06. The number of benzene rings is 2. The Labute approximate surface area is 243 Å². The molecule has 0 bridgehead atoms. The lowest BCUT2D eigenvalue weighted by Crippen LogP contribution is -2.44. The number of fused-ring (bicyclic) bond motifs is 1. The number of halogens is 2. The molecule has 1 aliphatic heterocycles. The highest BCUT2D eigenvalue weighted by molar-refractivity contribution is 6.33. The molecule has 3 unspecified atom stereocenters. The summed E-state index contributed by atoms with van der Waals surface area (Å²) in [5.74, 6) is -0.807. The molecule has 5 N–H and O–H groups in total. The number of nitrogens with two attached hydrogens (primary N) is 1. The average Bonchev–Trinajstić information content (AvgIpc) is 3.71. The maximum atomic E-state index is 14.6. The second-order valence-corrected chi connectivity index (χ2v) is 10.3. The first-order valence-corrected chi connectivity index (χ1v) is 13.4. The molecular weight excluding hydrogens is 565 g/mol. The molecule has 0 radical (unpaired) electrons. The number of aliphatic hydroxyl groups is 1. The van der Waals surface area contributed by atoms with Crippen LogP contribution in [0.3, 0.4) is 0 Å². The lowest BCUT2D eigenvalue weighted by atomic mass is 10.0. The summed E-state index contributed by atoms with van der Waals surface area (Å²) in [5.41, 5.74) is 9.28. The minimum absolute atomic E-state index is 0.164. The Hall–Kier alpha value is -4.72. The van der Waals surface area contributed by atoms with Crippen molar-refractivity contribution in [2.24, 2.45) is 5.73 Å². The van der Waals surface area contributed by atoms with Crippen LogP contribution in [0.1, 0.15) is 18.3 Å². The van der Waals surface area contributed by atoms with E-state index in [2.05, 4.69) is 30.8 Å². The number of rotatable bonds is 7. The molecule has 214 valence electrons. The van der Waals surface area contributed by atoms with Crippen LogP contribution in [0.25, 0.3) is 33.2 Å². The molecule has 1 saturated heterocycles. The van der Waals surface area contributed by atoms with E-state index in [1.807, 2.05) is 6.07 Å². The van der Waals surface area contributed by atoms with Crippen molar-refractivity contribution < 1.29 is 19.1 Å². The topological polar surface area (TPSA) is 168 Å². The highest BCUT2D eigenvalue weighted by atomic mass is 35.5. The Morgan fingerprint density at radius 3 is 2.74 bits per heavy atom. The smallest absolute Gasteiger partial charge is 0.248 e. The zero-order valence-electron chi connectivity index (χ0n) is 22.0. The van der Waals surface area contributed by atoms with Crippen LogP contribution in [0.15, 0.2) is 67.1 Å². The minimum Gasteiger partial charge on any atom is -0.373 e. The van der Waals surface area contributed by atoms with E-state index in [1.165, 1.54) is 15.8 Å². The van der Waals surface area contributed by atoms with Gasteiger partial charge in [-0.2, -0.15) is 20.4 Å². The van der Waals surface area contributed by atoms with Crippen LogP contribution in [0.4, 0.5) is 10.2 Å². The monoisotopic (exact) mass is 589 g/mol. The van der Waals surface area contributed by atoms with E-state index in [1.54, 1.807) is 54.9 Å². The number of aromatic amines is 1. The Morgan fingerprint density at radius 2 is 1.98 bits per heavy atom. The maximum Gasteiger partial charge on any atom is 0.248 e. The van der Waals surface area contributed by atoms with Gasteiger partial charge >= 0.3 is 0 Å². The fourth-order valence-electron chi connectivity index (χ4n) is 5.18. The highest BCUT2D eigenvalue weighted by Crippen LogP contribution is 2.33. The van der Waals surface area contributed by atoms with Crippen LogP contribution in [0.2, 0.25) is 5.02 Å². The third-order valence-corrected chi connectivity index (χ3v) is 7.52. The van der Waals surface area contributed by atoms with Gasteiger partial charge in [0.05, 0.1) is 30.7 Å². The molecule has 3 aromatic heterocycles. The first-order chi connectivity index (χ1) is 20.3. The van der Waals surface area contributed by atoms with Gasteiger partial charge in [-0.15, -0.1) is 0 Å². The van der Waals surface area contributed by atoms with Crippen LogP contribution in [-0.2, 0) is 16.1 Å². The van der Waals surface area contributed by atoms with Gasteiger partial charge in [-0.1, -0.05) is 35.9 Å². The third-order valence-electron chi connectivity index (χ3n) is 7.19. The summed E-state index contributed by atoms with van der Waals surface area (Å²) in [4.78, 5) is 28.0. The number of aromatic nitrogens is 6. The van der Waals surface area contributed by atoms with E-state index in [0.717, 1.165) is 11.1 Å². The zero-order valence-corrected chi connectivity index (χ0v) is 22.7. The van der Waals surface area contributed by atoms with Gasteiger partial charge in [-0.3, -0.25) is 19.4 Å².